The molecule has 1 N–H and O–H groups in total. The van der Waals surface area contributed by atoms with Crippen LogP contribution >= 0.6 is 11.3 Å². The summed E-state index contributed by atoms with van der Waals surface area (Å²) in [6.45, 7) is 10.0. The van der Waals surface area contributed by atoms with Crippen LogP contribution in [0, 0.1) is 0 Å². The first-order valence-electron chi connectivity index (χ1n) is 9.82. The SMILES string of the molecule is CC(=O)NCc1csc(C2CCN(C(=O)c3ccc(C(C)(C)C)cc3)CC2)n1. The molecule has 2 amide bonds. The third kappa shape index (κ3) is 4.98. The van der Waals surface area contributed by atoms with Gasteiger partial charge in [-0.2, -0.15) is 0 Å². The smallest absolute Gasteiger partial charge is 0.253 e. The number of likely N-dealkylation sites (tertiary alicyclic amines) is 1. The summed E-state index contributed by atoms with van der Waals surface area (Å²) < 4.78 is 0. The average Bonchev–Trinajstić information content (AvgIpc) is 3.14. The van der Waals surface area contributed by atoms with Gasteiger partial charge in [-0.15, -0.1) is 11.3 Å². The third-order valence-corrected chi connectivity index (χ3v) is 6.27. The molecule has 0 bridgehead atoms. The van der Waals surface area contributed by atoms with E-state index in [2.05, 4.69) is 43.2 Å². The van der Waals surface area contributed by atoms with Crippen molar-refractivity contribution in [1.29, 1.82) is 0 Å². The fourth-order valence-corrected chi connectivity index (χ4v) is 4.42. The molecule has 0 radical (unpaired) electrons. The number of thiazole rings is 1. The van der Waals surface area contributed by atoms with E-state index in [4.69, 9.17) is 0 Å². The summed E-state index contributed by atoms with van der Waals surface area (Å²) in [5.41, 5.74) is 3.00. The minimum Gasteiger partial charge on any atom is -0.351 e. The molecule has 0 aliphatic carbocycles. The number of hydrogen-bond acceptors (Lipinski definition) is 4. The molecule has 1 aliphatic rings. The van der Waals surface area contributed by atoms with Gasteiger partial charge >= 0.3 is 0 Å². The number of amides is 2. The first-order chi connectivity index (χ1) is 13.2. The van der Waals surface area contributed by atoms with Crippen LogP contribution in [-0.2, 0) is 16.8 Å². The number of piperidine rings is 1. The Balaban J connectivity index is 1.56. The van der Waals surface area contributed by atoms with Crippen LogP contribution < -0.4 is 5.32 Å². The Bertz CT molecular complexity index is 828. The lowest BCUT2D eigenvalue weighted by molar-refractivity contribution is -0.119. The van der Waals surface area contributed by atoms with E-state index in [1.54, 1.807) is 11.3 Å². The Hall–Kier alpha value is -2.21. The number of carbonyl (C=O) groups excluding carboxylic acids is 2. The van der Waals surface area contributed by atoms with E-state index in [-0.39, 0.29) is 17.2 Å². The molecule has 150 valence electrons. The van der Waals surface area contributed by atoms with Gasteiger partial charge in [0.25, 0.3) is 5.91 Å². The zero-order chi connectivity index (χ0) is 20.3. The summed E-state index contributed by atoms with van der Waals surface area (Å²) in [6.07, 6.45) is 1.86. The number of rotatable bonds is 4. The minimum atomic E-state index is -0.0445. The largest absolute Gasteiger partial charge is 0.351 e. The highest BCUT2D eigenvalue weighted by Crippen LogP contribution is 2.31. The summed E-state index contributed by atoms with van der Waals surface area (Å²) >= 11 is 1.65. The number of hydrogen-bond donors (Lipinski definition) is 1. The maximum absolute atomic E-state index is 12.8. The maximum atomic E-state index is 12.8. The molecule has 0 spiro atoms. The first-order valence-corrected chi connectivity index (χ1v) is 10.7. The van der Waals surface area contributed by atoms with Crippen molar-refractivity contribution in [1.82, 2.24) is 15.2 Å². The predicted molar refractivity (Wildman–Crippen MR) is 113 cm³/mol. The molecule has 2 heterocycles. The Morgan fingerprint density at radius 1 is 1.18 bits per heavy atom. The van der Waals surface area contributed by atoms with Gasteiger partial charge in [0.1, 0.15) is 0 Å². The topological polar surface area (TPSA) is 62.3 Å². The lowest BCUT2D eigenvalue weighted by atomic mass is 9.86. The maximum Gasteiger partial charge on any atom is 0.253 e. The van der Waals surface area contributed by atoms with E-state index in [1.165, 1.54) is 12.5 Å². The second-order valence-electron chi connectivity index (χ2n) is 8.48. The molecule has 6 heteroatoms. The van der Waals surface area contributed by atoms with Crippen LogP contribution in [0.1, 0.15) is 73.1 Å². The third-order valence-electron chi connectivity index (χ3n) is 5.22. The molecule has 28 heavy (non-hydrogen) atoms. The summed E-state index contributed by atoms with van der Waals surface area (Å²) in [5.74, 6) is 0.463. The highest BCUT2D eigenvalue weighted by Gasteiger charge is 2.26. The second-order valence-corrected chi connectivity index (χ2v) is 9.37. The predicted octanol–water partition coefficient (Wildman–Crippen LogP) is 4.10. The summed E-state index contributed by atoms with van der Waals surface area (Å²) in [6, 6.07) is 8.02. The van der Waals surface area contributed by atoms with Crippen LogP contribution in [0.3, 0.4) is 0 Å². The van der Waals surface area contributed by atoms with E-state index >= 15 is 0 Å². The van der Waals surface area contributed by atoms with Crippen molar-refractivity contribution in [3.63, 3.8) is 0 Å². The van der Waals surface area contributed by atoms with Gasteiger partial charge in [-0.05, 0) is 36.0 Å². The summed E-state index contributed by atoms with van der Waals surface area (Å²) in [7, 11) is 0. The average molecular weight is 400 g/mol. The first kappa shape index (κ1) is 20.5. The van der Waals surface area contributed by atoms with Crippen molar-refractivity contribution in [2.45, 2.75) is 58.4 Å². The van der Waals surface area contributed by atoms with E-state index < -0.39 is 0 Å². The number of nitrogens with one attached hydrogen (secondary N) is 1. The van der Waals surface area contributed by atoms with Crippen LogP contribution in [0.15, 0.2) is 29.6 Å². The lowest BCUT2D eigenvalue weighted by Gasteiger charge is -2.31. The van der Waals surface area contributed by atoms with Gasteiger partial charge in [0, 0.05) is 36.9 Å². The summed E-state index contributed by atoms with van der Waals surface area (Å²) in [4.78, 5) is 30.5. The number of benzene rings is 1. The van der Waals surface area contributed by atoms with Gasteiger partial charge in [0.05, 0.1) is 17.2 Å². The van der Waals surface area contributed by atoms with Crippen LogP contribution in [0.2, 0.25) is 0 Å². The van der Waals surface area contributed by atoms with Crippen molar-refractivity contribution >= 4 is 23.2 Å². The molecule has 2 aromatic rings. The monoisotopic (exact) mass is 399 g/mol. The Morgan fingerprint density at radius 3 is 2.39 bits per heavy atom. The molecule has 3 rings (SSSR count). The minimum absolute atomic E-state index is 0.0445. The molecule has 1 aromatic carbocycles. The fourth-order valence-electron chi connectivity index (χ4n) is 3.43. The van der Waals surface area contributed by atoms with Crippen molar-refractivity contribution in [3.05, 3.63) is 51.5 Å². The van der Waals surface area contributed by atoms with Gasteiger partial charge in [-0.1, -0.05) is 32.9 Å². The fraction of sp³-hybridized carbons (Fsp3) is 0.500. The highest BCUT2D eigenvalue weighted by atomic mass is 32.1. The van der Waals surface area contributed by atoms with E-state index in [0.29, 0.717) is 12.5 Å². The van der Waals surface area contributed by atoms with Gasteiger partial charge in [-0.3, -0.25) is 9.59 Å². The van der Waals surface area contributed by atoms with Crippen molar-refractivity contribution in [2.24, 2.45) is 0 Å². The summed E-state index contributed by atoms with van der Waals surface area (Å²) in [5, 5.41) is 5.91. The van der Waals surface area contributed by atoms with E-state index in [0.717, 1.165) is 42.2 Å². The molecular weight excluding hydrogens is 370 g/mol. The van der Waals surface area contributed by atoms with Gasteiger partial charge in [-0.25, -0.2) is 4.98 Å². The quantitative estimate of drug-likeness (QED) is 0.842. The lowest BCUT2D eigenvalue weighted by Crippen LogP contribution is -2.38. The van der Waals surface area contributed by atoms with Crippen LogP contribution in [0.25, 0.3) is 0 Å². The molecule has 1 fully saturated rings. The van der Waals surface area contributed by atoms with Gasteiger partial charge in [0.15, 0.2) is 0 Å². The highest BCUT2D eigenvalue weighted by molar-refractivity contribution is 7.09. The Kier molecular flexibility index (Phi) is 6.18. The van der Waals surface area contributed by atoms with Crippen LogP contribution in [-0.4, -0.2) is 34.8 Å². The van der Waals surface area contributed by atoms with Crippen molar-refractivity contribution in [2.75, 3.05) is 13.1 Å². The molecule has 1 aromatic heterocycles. The molecule has 5 nitrogen and oxygen atoms in total. The standard InChI is InChI=1S/C22H29N3O2S/c1-15(26)23-13-19-14-28-20(24-19)16-9-11-25(12-10-16)21(27)17-5-7-18(8-6-17)22(2,3)4/h5-8,14,16H,9-13H2,1-4H3,(H,23,26). The van der Waals surface area contributed by atoms with Gasteiger partial charge < -0.3 is 10.2 Å². The van der Waals surface area contributed by atoms with E-state index in [1.807, 2.05) is 22.4 Å². The van der Waals surface area contributed by atoms with E-state index in [9.17, 15) is 9.59 Å². The molecule has 1 saturated heterocycles. The zero-order valence-electron chi connectivity index (χ0n) is 17.1. The second kappa shape index (κ2) is 8.43. The molecule has 1 aliphatic heterocycles. The van der Waals surface area contributed by atoms with Crippen LogP contribution in [0.5, 0.6) is 0 Å². The van der Waals surface area contributed by atoms with Crippen LogP contribution in [0.4, 0.5) is 0 Å². The van der Waals surface area contributed by atoms with Crippen molar-refractivity contribution < 1.29 is 9.59 Å². The Labute approximate surface area is 171 Å². The normalized spacial score (nSPS) is 15.5. The molecule has 0 atom stereocenters. The molecule has 0 unspecified atom stereocenters. The Morgan fingerprint density at radius 2 is 1.82 bits per heavy atom. The van der Waals surface area contributed by atoms with Gasteiger partial charge in [0.2, 0.25) is 5.91 Å². The number of nitrogens with zero attached hydrogens (tertiary/aromatic N) is 2. The molecule has 0 saturated carbocycles. The zero-order valence-corrected chi connectivity index (χ0v) is 17.9. The molecular formula is C22H29N3O2S. The van der Waals surface area contributed by atoms with Crippen molar-refractivity contribution in [3.8, 4) is 0 Å². The number of aromatic nitrogens is 1. The number of carbonyl (C=O) groups is 2.